The molecule has 1 N–H and O–H groups in total. The summed E-state index contributed by atoms with van der Waals surface area (Å²) in [5.41, 5.74) is 0.844. The first kappa shape index (κ1) is 12.0. The molecule has 0 bridgehead atoms. The van der Waals surface area contributed by atoms with E-state index in [1.54, 1.807) is 11.0 Å². The zero-order valence-corrected chi connectivity index (χ0v) is 11.2. The van der Waals surface area contributed by atoms with Crippen LogP contribution in [0.1, 0.15) is 6.42 Å². The number of hydrogen-bond acceptors (Lipinski definition) is 3. The monoisotopic (exact) mass is 342 g/mol. The average Bonchev–Trinajstić information content (AvgIpc) is 2.82. The van der Waals surface area contributed by atoms with Gasteiger partial charge < -0.3 is 5.32 Å². The van der Waals surface area contributed by atoms with E-state index in [1.807, 2.05) is 24.3 Å². The van der Waals surface area contributed by atoms with E-state index in [0.29, 0.717) is 13.0 Å². The molecule has 1 aromatic heterocycles. The first-order valence-corrected chi connectivity index (χ1v) is 6.20. The Hall–Kier alpha value is -1.44. The molecule has 1 amide bonds. The van der Waals surface area contributed by atoms with Crippen LogP contribution in [0.5, 0.6) is 0 Å². The number of aromatic nitrogens is 3. The lowest BCUT2D eigenvalue weighted by molar-refractivity contribution is -0.116. The highest BCUT2D eigenvalue weighted by Gasteiger charge is 2.05. The first-order valence-electron chi connectivity index (χ1n) is 5.12. The summed E-state index contributed by atoms with van der Waals surface area (Å²) in [7, 11) is 0. The number of rotatable bonds is 4. The number of carbonyl (C=O) groups is 1. The highest BCUT2D eigenvalue weighted by atomic mass is 127. The number of anilines is 1. The fourth-order valence-corrected chi connectivity index (χ4v) is 1.86. The number of nitrogens with zero attached hydrogens (tertiary/aromatic N) is 3. The van der Waals surface area contributed by atoms with Gasteiger partial charge in [0.2, 0.25) is 5.91 Å². The SMILES string of the molecule is O=C(CCn1cncn1)Nc1ccccc1I. The van der Waals surface area contributed by atoms with Crippen molar-refractivity contribution in [1.29, 1.82) is 0 Å². The van der Waals surface area contributed by atoms with Crippen LogP contribution < -0.4 is 5.32 Å². The average molecular weight is 342 g/mol. The van der Waals surface area contributed by atoms with Crippen molar-refractivity contribution in [2.45, 2.75) is 13.0 Å². The molecule has 1 aromatic carbocycles. The fourth-order valence-electron chi connectivity index (χ4n) is 1.34. The first-order chi connectivity index (χ1) is 8.25. The molecule has 2 aromatic rings. The van der Waals surface area contributed by atoms with E-state index in [-0.39, 0.29) is 5.91 Å². The summed E-state index contributed by atoms with van der Waals surface area (Å²) in [6.45, 7) is 0.537. The van der Waals surface area contributed by atoms with Crippen LogP contribution in [-0.2, 0) is 11.3 Å². The smallest absolute Gasteiger partial charge is 0.226 e. The number of amides is 1. The van der Waals surface area contributed by atoms with Crippen molar-refractivity contribution >= 4 is 34.2 Å². The molecule has 5 nitrogen and oxygen atoms in total. The van der Waals surface area contributed by atoms with Gasteiger partial charge in [0, 0.05) is 9.99 Å². The van der Waals surface area contributed by atoms with Crippen LogP contribution in [0.3, 0.4) is 0 Å². The molecule has 0 aliphatic carbocycles. The van der Waals surface area contributed by atoms with Gasteiger partial charge in [0.15, 0.2) is 0 Å². The van der Waals surface area contributed by atoms with Crippen LogP contribution in [0.15, 0.2) is 36.9 Å². The Labute approximate surface area is 112 Å². The zero-order chi connectivity index (χ0) is 12.1. The minimum atomic E-state index is -0.0235. The summed E-state index contributed by atoms with van der Waals surface area (Å²) in [6.07, 6.45) is 3.44. The number of hydrogen-bond donors (Lipinski definition) is 1. The van der Waals surface area contributed by atoms with Crippen molar-refractivity contribution in [2.24, 2.45) is 0 Å². The van der Waals surface area contributed by atoms with E-state index in [4.69, 9.17) is 0 Å². The molecular formula is C11H11IN4O. The standard InChI is InChI=1S/C11H11IN4O/c12-9-3-1-2-4-10(9)15-11(17)5-6-16-8-13-7-14-16/h1-4,7-8H,5-6H2,(H,15,17). The van der Waals surface area contributed by atoms with Crippen molar-refractivity contribution in [3.63, 3.8) is 0 Å². The Morgan fingerprint density at radius 3 is 2.94 bits per heavy atom. The Balaban J connectivity index is 1.87. The van der Waals surface area contributed by atoms with E-state index in [2.05, 4.69) is 38.0 Å². The lowest BCUT2D eigenvalue weighted by Crippen LogP contribution is -2.15. The summed E-state index contributed by atoms with van der Waals surface area (Å²) in [6, 6.07) is 7.67. The normalized spacial score (nSPS) is 10.2. The second kappa shape index (κ2) is 5.76. The molecule has 2 rings (SSSR count). The maximum Gasteiger partial charge on any atom is 0.226 e. The molecule has 0 aliphatic heterocycles. The summed E-state index contributed by atoms with van der Waals surface area (Å²) in [5, 5.41) is 6.80. The van der Waals surface area contributed by atoms with Gasteiger partial charge in [-0.1, -0.05) is 12.1 Å². The highest BCUT2D eigenvalue weighted by molar-refractivity contribution is 14.1. The minimum Gasteiger partial charge on any atom is -0.325 e. The third-order valence-electron chi connectivity index (χ3n) is 2.18. The third-order valence-corrected chi connectivity index (χ3v) is 3.12. The van der Waals surface area contributed by atoms with Crippen molar-refractivity contribution in [1.82, 2.24) is 14.8 Å². The van der Waals surface area contributed by atoms with Gasteiger partial charge >= 0.3 is 0 Å². The van der Waals surface area contributed by atoms with Gasteiger partial charge in [0.1, 0.15) is 12.7 Å². The lowest BCUT2D eigenvalue weighted by atomic mass is 10.3. The van der Waals surface area contributed by atoms with Crippen LogP contribution in [0.2, 0.25) is 0 Å². The maximum atomic E-state index is 11.7. The number of para-hydroxylation sites is 1. The molecule has 0 aliphatic rings. The van der Waals surface area contributed by atoms with Crippen molar-refractivity contribution in [3.8, 4) is 0 Å². The molecule has 0 saturated carbocycles. The summed E-state index contributed by atoms with van der Waals surface area (Å²) in [4.78, 5) is 15.5. The fraction of sp³-hybridized carbons (Fsp3) is 0.182. The molecule has 0 fully saturated rings. The van der Waals surface area contributed by atoms with Crippen molar-refractivity contribution in [3.05, 3.63) is 40.5 Å². The number of halogens is 1. The summed E-state index contributed by atoms with van der Waals surface area (Å²) < 4.78 is 2.66. The predicted molar refractivity (Wildman–Crippen MR) is 72.4 cm³/mol. The molecule has 0 saturated heterocycles. The van der Waals surface area contributed by atoms with Gasteiger partial charge in [0.25, 0.3) is 0 Å². The second-order valence-electron chi connectivity index (χ2n) is 3.44. The van der Waals surface area contributed by atoms with E-state index < -0.39 is 0 Å². The van der Waals surface area contributed by atoms with Crippen LogP contribution in [-0.4, -0.2) is 20.7 Å². The van der Waals surface area contributed by atoms with E-state index >= 15 is 0 Å². The van der Waals surface area contributed by atoms with Gasteiger partial charge in [-0.05, 0) is 34.7 Å². The highest BCUT2D eigenvalue weighted by Crippen LogP contribution is 2.16. The van der Waals surface area contributed by atoms with Crippen LogP contribution in [0, 0.1) is 3.57 Å². The lowest BCUT2D eigenvalue weighted by Gasteiger charge is -2.06. The minimum absolute atomic E-state index is 0.0235. The quantitative estimate of drug-likeness (QED) is 0.864. The molecule has 1 heterocycles. The van der Waals surface area contributed by atoms with Crippen LogP contribution >= 0.6 is 22.6 Å². The number of nitrogens with one attached hydrogen (secondary N) is 1. The molecule has 17 heavy (non-hydrogen) atoms. The molecule has 0 unspecified atom stereocenters. The van der Waals surface area contributed by atoms with Gasteiger partial charge in [-0.2, -0.15) is 5.10 Å². The van der Waals surface area contributed by atoms with Gasteiger partial charge in [0.05, 0.1) is 12.2 Å². The number of benzene rings is 1. The van der Waals surface area contributed by atoms with E-state index in [1.165, 1.54) is 6.33 Å². The number of carbonyl (C=O) groups excluding carboxylic acids is 1. The van der Waals surface area contributed by atoms with Crippen LogP contribution in [0.4, 0.5) is 5.69 Å². The Kier molecular flexibility index (Phi) is 4.08. The van der Waals surface area contributed by atoms with Crippen molar-refractivity contribution < 1.29 is 4.79 Å². The molecular weight excluding hydrogens is 331 g/mol. The Morgan fingerprint density at radius 1 is 1.41 bits per heavy atom. The Bertz CT molecular complexity index is 498. The Morgan fingerprint density at radius 2 is 2.24 bits per heavy atom. The molecule has 0 atom stereocenters. The maximum absolute atomic E-state index is 11.7. The zero-order valence-electron chi connectivity index (χ0n) is 9.01. The second-order valence-corrected chi connectivity index (χ2v) is 4.60. The van der Waals surface area contributed by atoms with Gasteiger partial charge in [-0.15, -0.1) is 0 Å². The largest absolute Gasteiger partial charge is 0.325 e. The molecule has 0 radical (unpaired) electrons. The predicted octanol–water partition coefficient (Wildman–Crippen LogP) is 1.91. The van der Waals surface area contributed by atoms with Gasteiger partial charge in [-0.25, -0.2) is 4.98 Å². The topological polar surface area (TPSA) is 59.8 Å². The van der Waals surface area contributed by atoms with E-state index in [9.17, 15) is 4.79 Å². The van der Waals surface area contributed by atoms with Gasteiger partial charge in [-0.3, -0.25) is 9.48 Å². The summed E-state index contributed by atoms with van der Waals surface area (Å²) in [5.74, 6) is -0.0235. The number of aryl methyl sites for hydroxylation is 1. The molecule has 0 spiro atoms. The molecule has 88 valence electrons. The third kappa shape index (κ3) is 3.52. The van der Waals surface area contributed by atoms with E-state index in [0.717, 1.165) is 9.26 Å². The van der Waals surface area contributed by atoms with Crippen LogP contribution in [0.25, 0.3) is 0 Å². The summed E-state index contributed by atoms with van der Waals surface area (Å²) >= 11 is 2.19. The van der Waals surface area contributed by atoms with Crippen molar-refractivity contribution in [2.75, 3.05) is 5.32 Å². The molecule has 6 heteroatoms.